The summed E-state index contributed by atoms with van der Waals surface area (Å²) in [7, 11) is 0. The van der Waals surface area contributed by atoms with Gasteiger partial charge < -0.3 is 10.0 Å². The Morgan fingerprint density at radius 2 is 1.89 bits per heavy atom. The molecular weight excluding hydrogens is 242 g/mol. The number of carboxylic acid groups (broad SMARTS) is 1. The van der Waals surface area contributed by atoms with Gasteiger partial charge in [-0.1, -0.05) is 12.2 Å². The lowest BCUT2D eigenvalue weighted by atomic mass is 9.89. The van der Waals surface area contributed by atoms with Gasteiger partial charge in [-0.3, -0.25) is 9.59 Å². The molecule has 0 spiro atoms. The van der Waals surface area contributed by atoms with Crippen LogP contribution in [-0.2, 0) is 9.59 Å². The quantitative estimate of drug-likeness (QED) is 0.794. The number of aliphatic carboxylic acids is 1. The van der Waals surface area contributed by atoms with Crippen molar-refractivity contribution in [3.8, 4) is 0 Å². The molecule has 1 unspecified atom stereocenters. The zero-order valence-electron chi connectivity index (χ0n) is 11.4. The Morgan fingerprint density at radius 3 is 2.47 bits per heavy atom. The van der Waals surface area contributed by atoms with E-state index in [1.165, 1.54) is 0 Å². The third kappa shape index (κ3) is 4.08. The third-order valence-electron chi connectivity index (χ3n) is 4.31. The van der Waals surface area contributed by atoms with Crippen molar-refractivity contribution in [1.82, 2.24) is 4.90 Å². The standard InChI is InChI=1S/C15H23NO3/c17-14(18)7-6-12-8-10-16(11-9-12)15(19)13-4-2-1-3-5-13/h1-2,12-13H,3-11H2,(H,17,18). The number of rotatable bonds is 4. The van der Waals surface area contributed by atoms with Crippen LogP contribution < -0.4 is 0 Å². The van der Waals surface area contributed by atoms with E-state index in [9.17, 15) is 9.59 Å². The molecule has 1 heterocycles. The molecule has 4 heteroatoms. The van der Waals surface area contributed by atoms with Gasteiger partial charge in [0.05, 0.1) is 0 Å². The van der Waals surface area contributed by atoms with Gasteiger partial charge in [0.2, 0.25) is 5.91 Å². The van der Waals surface area contributed by atoms with Gasteiger partial charge in [-0.05, 0) is 44.4 Å². The van der Waals surface area contributed by atoms with Crippen molar-refractivity contribution >= 4 is 11.9 Å². The molecule has 1 N–H and O–H groups in total. The predicted octanol–water partition coefficient (Wildman–Crippen LogP) is 2.45. The lowest BCUT2D eigenvalue weighted by Gasteiger charge is -2.34. The monoisotopic (exact) mass is 265 g/mol. The van der Waals surface area contributed by atoms with Crippen molar-refractivity contribution in [2.24, 2.45) is 11.8 Å². The van der Waals surface area contributed by atoms with Crippen LogP contribution in [0.4, 0.5) is 0 Å². The molecule has 0 aromatic heterocycles. The molecule has 1 aliphatic carbocycles. The Kier molecular flexibility index (Phi) is 5.00. The van der Waals surface area contributed by atoms with Gasteiger partial charge in [-0.25, -0.2) is 0 Å². The van der Waals surface area contributed by atoms with Gasteiger partial charge in [0.15, 0.2) is 0 Å². The number of carbonyl (C=O) groups is 2. The van der Waals surface area contributed by atoms with Gasteiger partial charge >= 0.3 is 5.97 Å². The highest BCUT2D eigenvalue weighted by atomic mass is 16.4. The molecule has 0 radical (unpaired) electrons. The smallest absolute Gasteiger partial charge is 0.303 e. The molecule has 1 amide bonds. The van der Waals surface area contributed by atoms with E-state index >= 15 is 0 Å². The Bertz CT molecular complexity index is 356. The van der Waals surface area contributed by atoms with E-state index in [1.54, 1.807) is 0 Å². The van der Waals surface area contributed by atoms with E-state index in [4.69, 9.17) is 5.11 Å². The molecule has 19 heavy (non-hydrogen) atoms. The van der Waals surface area contributed by atoms with Crippen molar-refractivity contribution < 1.29 is 14.7 Å². The Balaban J connectivity index is 1.74. The summed E-state index contributed by atoms with van der Waals surface area (Å²) < 4.78 is 0. The van der Waals surface area contributed by atoms with Crippen LogP contribution in [0.2, 0.25) is 0 Å². The third-order valence-corrected chi connectivity index (χ3v) is 4.31. The normalized spacial score (nSPS) is 24.4. The zero-order chi connectivity index (χ0) is 13.7. The number of amides is 1. The fraction of sp³-hybridized carbons (Fsp3) is 0.733. The molecular formula is C15H23NO3. The summed E-state index contributed by atoms with van der Waals surface area (Å²) in [4.78, 5) is 24.9. The minimum Gasteiger partial charge on any atom is -0.481 e. The second-order valence-electron chi connectivity index (χ2n) is 5.68. The number of carboxylic acids is 1. The van der Waals surface area contributed by atoms with Gasteiger partial charge in [-0.2, -0.15) is 0 Å². The largest absolute Gasteiger partial charge is 0.481 e. The highest BCUT2D eigenvalue weighted by molar-refractivity contribution is 5.79. The van der Waals surface area contributed by atoms with Crippen LogP contribution in [0.25, 0.3) is 0 Å². The molecule has 0 bridgehead atoms. The molecule has 1 aliphatic heterocycles. The molecule has 106 valence electrons. The van der Waals surface area contributed by atoms with Crippen LogP contribution in [-0.4, -0.2) is 35.0 Å². The Morgan fingerprint density at radius 1 is 1.16 bits per heavy atom. The first-order valence-corrected chi connectivity index (χ1v) is 7.32. The summed E-state index contributed by atoms with van der Waals surface area (Å²) in [5.41, 5.74) is 0. The van der Waals surface area contributed by atoms with Crippen molar-refractivity contribution in [2.45, 2.75) is 44.9 Å². The van der Waals surface area contributed by atoms with Gasteiger partial charge in [-0.15, -0.1) is 0 Å². The number of carbonyl (C=O) groups excluding carboxylic acids is 1. The van der Waals surface area contributed by atoms with E-state index in [-0.39, 0.29) is 12.3 Å². The highest BCUT2D eigenvalue weighted by Crippen LogP contribution is 2.26. The number of allylic oxidation sites excluding steroid dienone is 2. The summed E-state index contributed by atoms with van der Waals surface area (Å²) in [5, 5.41) is 8.68. The van der Waals surface area contributed by atoms with Crippen molar-refractivity contribution in [3.63, 3.8) is 0 Å². The maximum atomic E-state index is 12.3. The number of hydrogen-bond donors (Lipinski definition) is 1. The predicted molar refractivity (Wildman–Crippen MR) is 72.7 cm³/mol. The van der Waals surface area contributed by atoms with Crippen LogP contribution in [0, 0.1) is 11.8 Å². The first kappa shape index (κ1) is 14.1. The summed E-state index contributed by atoms with van der Waals surface area (Å²) in [6.45, 7) is 1.62. The lowest BCUT2D eigenvalue weighted by molar-refractivity contribution is -0.139. The van der Waals surface area contributed by atoms with Crippen LogP contribution in [0.1, 0.15) is 44.9 Å². The van der Waals surface area contributed by atoms with Gasteiger partial charge in [0.1, 0.15) is 0 Å². The molecule has 2 aliphatic rings. The summed E-state index contributed by atoms with van der Waals surface area (Å²) in [6.07, 6.45) is 10.1. The molecule has 0 saturated carbocycles. The van der Waals surface area contributed by atoms with Crippen molar-refractivity contribution in [1.29, 1.82) is 0 Å². The Hall–Kier alpha value is -1.32. The van der Waals surface area contributed by atoms with Crippen molar-refractivity contribution in [2.75, 3.05) is 13.1 Å². The first-order chi connectivity index (χ1) is 9.16. The molecule has 2 rings (SSSR count). The lowest BCUT2D eigenvalue weighted by Crippen LogP contribution is -2.42. The van der Waals surface area contributed by atoms with Crippen LogP contribution in [0.5, 0.6) is 0 Å². The summed E-state index contributed by atoms with van der Waals surface area (Å²) >= 11 is 0. The minimum atomic E-state index is -0.715. The fourth-order valence-electron chi connectivity index (χ4n) is 3.05. The second kappa shape index (κ2) is 6.73. The minimum absolute atomic E-state index is 0.181. The summed E-state index contributed by atoms with van der Waals surface area (Å²) in [5.74, 6) is 0.250. The van der Waals surface area contributed by atoms with Crippen molar-refractivity contribution in [3.05, 3.63) is 12.2 Å². The molecule has 1 atom stereocenters. The number of piperidine rings is 1. The molecule has 1 fully saturated rings. The number of likely N-dealkylation sites (tertiary alicyclic amines) is 1. The highest BCUT2D eigenvalue weighted by Gasteiger charge is 2.28. The average molecular weight is 265 g/mol. The topological polar surface area (TPSA) is 57.6 Å². The SMILES string of the molecule is O=C(O)CCC1CCN(C(=O)C2CC=CCC2)CC1. The van der Waals surface area contributed by atoms with Gasteiger partial charge in [0, 0.05) is 25.4 Å². The van der Waals surface area contributed by atoms with Crippen LogP contribution in [0.3, 0.4) is 0 Å². The van der Waals surface area contributed by atoms with E-state index < -0.39 is 5.97 Å². The second-order valence-corrected chi connectivity index (χ2v) is 5.68. The number of nitrogens with zero attached hydrogens (tertiary/aromatic N) is 1. The van der Waals surface area contributed by atoms with E-state index in [1.807, 2.05) is 4.90 Å². The maximum absolute atomic E-state index is 12.3. The molecule has 0 aromatic rings. The Labute approximate surface area is 114 Å². The first-order valence-electron chi connectivity index (χ1n) is 7.32. The molecule has 0 aromatic carbocycles. The van der Waals surface area contributed by atoms with E-state index in [2.05, 4.69) is 12.2 Å². The maximum Gasteiger partial charge on any atom is 0.303 e. The zero-order valence-corrected chi connectivity index (χ0v) is 11.4. The van der Waals surface area contributed by atoms with E-state index in [0.29, 0.717) is 11.8 Å². The fourth-order valence-corrected chi connectivity index (χ4v) is 3.05. The van der Waals surface area contributed by atoms with E-state index in [0.717, 1.165) is 51.6 Å². The van der Waals surface area contributed by atoms with Crippen LogP contribution >= 0.6 is 0 Å². The van der Waals surface area contributed by atoms with Crippen LogP contribution in [0.15, 0.2) is 12.2 Å². The molecule has 1 saturated heterocycles. The summed E-state index contributed by atoms with van der Waals surface area (Å²) in [6, 6.07) is 0. The number of hydrogen-bond acceptors (Lipinski definition) is 2. The average Bonchev–Trinajstić information content (AvgIpc) is 2.46. The van der Waals surface area contributed by atoms with Gasteiger partial charge in [0.25, 0.3) is 0 Å². The molecule has 4 nitrogen and oxygen atoms in total.